The SMILES string of the molecule is COC(=O)c1ccc(S(=O)(=O)N(C)Cc2nccn2CC(F)(F)F)c(C)c1. The Balaban J connectivity index is 2.27. The van der Waals surface area contributed by atoms with E-state index in [9.17, 15) is 26.4 Å². The summed E-state index contributed by atoms with van der Waals surface area (Å²) in [6.07, 6.45) is -2.13. The molecule has 11 heteroatoms. The van der Waals surface area contributed by atoms with Crippen molar-refractivity contribution >= 4 is 16.0 Å². The van der Waals surface area contributed by atoms with E-state index >= 15 is 0 Å². The zero-order valence-corrected chi connectivity index (χ0v) is 15.6. The van der Waals surface area contributed by atoms with Gasteiger partial charge in [0, 0.05) is 19.4 Å². The minimum atomic E-state index is -4.45. The van der Waals surface area contributed by atoms with Crippen LogP contribution in [0.1, 0.15) is 21.7 Å². The quantitative estimate of drug-likeness (QED) is 0.690. The number of aromatic nitrogens is 2. The fourth-order valence-corrected chi connectivity index (χ4v) is 3.79. The lowest BCUT2D eigenvalue weighted by atomic mass is 10.1. The van der Waals surface area contributed by atoms with Gasteiger partial charge >= 0.3 is 12.1 Å². The summed E-state index contributed by atoms with van der Waals surface area (Å²) in [6.45, 7) is -0.0928. The molecule has 0 saturated carbocycles. The van der Waals surface area contributed by atoms with E-state index in [0.29, 0.717) is 5.56 Å². The van der Waals surface area contributed by atoms with E-state index in [2.05, 4.69) is 9.72 Å². The summed E-state index contributed by atoms with van der Waals surface area (Å²) >= 11 is 0. The van der Waals surface area contributed by atoms with E-state index in [1.54, 1.807) is 0 Å². The van der Waals surface area contributed by atoms with Crippen molar-refractivity contribution in [1.82, 2.24) is 13.9 Å². The molecule has 0 N–H and O–H groups in total. The van der Waals surface area contributed by atoms with E-state index < -0.39 is 28.7 Å². The first-order chi connectivity index (χ1) is 12.5. The number of methoxy groups -OCH3 is 1. The summed E-state index contributed by atoms with van der Waals surface area (Å²) in [7, 11) is -1.56. The number of rotatable bonds is 6. The average molecular weight is 405 g/mol. The van der Waals surface area contributed by atoms with E-state index in [0.717, 1.165) is 15.1 Å². The molecule has 0 aliphatic rings. The third-order valence-corrected chi connectivity index (χ3v) is 5.76. The maximum Gasteiger partial charge on any atom is 0.406 e. The van der Waals surface area contributed by atoms with Crippen LogP contribution in [0.5, 0.6) is 0 Å². The van der Waals surface area contributed by atoms with Crippen molar-refractivity contribution in [2.75, 3.05) is 14.2 Å². The van der Waals surface area contributed by atoms with Gasteiger partial charge in [-0.2, -0.15) is 17.5 Å². The predicted octanol–water partition coefficient (Wildman–Crippen LogP) is 2.36. The number of esters is 1. The lowest BCUT2D eigenvalue weighted by Crippen LogP contribution is -2.29. The van der Waals surface area contributed by atoms with Crippen LogP contribution in [0.2, 0.25) is 0 Å². The smallest absolute Gasteiger partial charge is 0.406 e. The molecule has 0 fully saturated rings. The van der Waals surface area contributed by atoms with Crippen LogP contribution >= 0.6 is 0 Å². The number of alkyl halides is 3. The Bertz CT molecular complexity index is 939. The van der Waals surface area contributed by atoms with Crippen molar-refractivity contribution in [1.29, 1.82) is 0 Å². The molecule has 2 rings (SSSR count). The highest BCUT2D eigenvalue weighted by atomic mass is 32.2. The number of hydrogen-bond donors (Lipinski definition) is 0. The molecule has 0 aliphatic heterocycles. The molecule has 0 atom stereocenters. The van der Waals surface area contributed by atoms with Crippen LogP contribution in [0.15, 0.2) is 35.5 Å². The Kier molecular flexibility index (Phi) is 5.95. The molecule has 2 aromatic rings. The Labute approximate surface area is 154 Å². The Morgan fingerprint density at radius 2 is 2.00 bits per heavy atom. The maximum absolute atomic E-state index is 12.8. The van der Waals surface area contributed by atoms with Gasteiger partial charge in [0.2, 0.25) is 10.0 Å². The second-order valence-electron chi connectivity index (χ2n) is 5.82. The summed E-state index contributed by atoms with van der Waals surface area (Å²) < 4.78 is 69.7. The van der Waals surface area contributed by atoms with Crippen LogP contribution in [-0.2, 0) is 27.8 Å². The van der Waals surface area contributed by atoms with Crippen LogP contribution in [0, 0.1) is 6.92 Å². The minimum absolute atomic E-state index is 0.0396. The molecule has 1 heterocycles. The molecule has 0 aliphatic carbocycles. The molecule has 7 nitrogen and oxygen atoms in total. The summed E-state index contributed by atoms with van der Waals surface area (Å²) in [4.78, 5) is 15.3. The molecule has 0 radical (unpaired) electrons. The van der Waals surface area contributed by atoms with Crippen LogP contribution in [-0.4, -0.2) is 48.6 Å². The second-order valence-corrected chi connectivity index (χ2v) is 7.83. The van der Waals surface area contributed by atoms with Gasteiger partial charge in [-0.25, -0.2) is 18.2 Å². The molecule has 1 aromatic carbocycles. The first kappa shape index (κ1) is 20.9. The normalized spacial score (nSPS) is 12.4. The zero-order valence-electron chi connectivity index (χ0n) is 14.8. The van der Waals surface area contributed by atoms with E-state index in [-0.39, 0.29) is 22.8 Å². The number of ether oxygens (including phenoxy) is 1. The fraction of sp³-hybridized carbons (Fsp3) is 0.375. The topological polar surface area (TPSA) is 81.5 Å². The first-order valence-electron chi connectivity index (χ1n) is 7.68. The molecule has 27 heavy (non-hydrogen) atoms. The summed E-state index contributed by atoms with van der Waals surface area (Å²) in [5, 5.41) is 0. The van der Waals surface area contributed by atoms with E-state index in [4.69, 9.17) is 0 Å². The van der Waals surface area contributed by atoms with Gasteiger partial charge in [-0.1, -0.05) is 0 Å². The lowest BCUT2D eigenvalue weighted by Gasteiger charge is -2.19. The van der Waals surface area contributed by atoms with Gasteiger partial charge in [0.05, 0.1) is 24.1 Å². The van der Waals surface area contributed by atoms with E-state index in [1.807, 2.05) is 0 Å². The van der Waals surface area contributed by atoms with Crippen LogP contribution in [0.3, 0.4) is 0 Å². The van der Waals surface area contributed by atoms with Gasteiger partial charge in [-0.05, 0) is 30.7 Å². The maximum atomic E-state index is 12.8. The third-order valence-electron chi connectivity index (χ3n) is 3.80. The van der Waals surface area contributed by atoms with Crippen LogP contribution in [0.25, 0.3) is 0 Å². The van der Waals surface area contributed by atoms with Crippen LogP contribution < -0.4 is 0 Å². The summed E-state index contributed by atoms with van der Waals surface area (Å²) in [5.41, 5.74) is 0.501. The third kappa shape index (κ3) is 4.86. The number of aryl methyl sites for hydroxylation is 1. The summed E-state index contributed by atoms with van der Waals surface area (Å²) in [5.74, 6) is -0.646. The number of hydrogen-bond acceptors (Lipinski definition) is 5. The summed E-state index contributed by atoms with van der Waals surface area (Å²) in [6, 6.07) is 3.94. The van der Waals surface area contributed by atoms with Crippen molar-refractivity contribution in [3.8, 4) is 0 Å². The standard InChI is InChI=1S/C16H18F3N3O4S/c1-11-8-12(15(23)26-3)4-5-13(11)27(24,25)21(2)9-14-20-6-7-22(14)10-16(17,18)19/h4-8H,9-10H2,1-3H3. The van der Waals surface area contributed by atoms with Crippen molar-refractivity contribution in [3.63, 3.8) is 0 Å². The highest BCUT2D eigenvalue weighted by Crippen LogP contribution is 2.23. The molecular formula is C16H18F3N3O4S. The number of nitrogens with zero attached hydrogens (tertiary/aromatic N) is 3. The van der Waals surface area contributed by atoms with Crippen molar-refractivity contribution in [3.05, 3.63) is 47.5 Å². The molecule has 0 spiro atoms. The van der Waals surface area contributed by atoms with Gasteiger partial charge in [0.1, 0.15) is 12.4 Å². The number of imidazole rings is 1. The lowest BCUT2D eigenvalue weighted by molar-refractivity contribution is -0.141. The van der Waals surface area contributed by atoms with Gasteiger partial charge in [0.25, 0.3) is 0 Å². The molecular weight excluding hydrogens is 387 g/mol. The van der Waals surface area contributed by atoms with Crippen LogP contribution in [0.4, 0.5) is 13.2 Å². The van der Waals surface area contributed by atoms with Gasteiger partial charge in [0.15, 0.2) is 0 Å². The van der Waals surface area contributed by atoms with Crippen molar-refractivity contribution in [2.45, 2.75) is 31.1 Å². The molecule has 0 unspecified atom stereocenters. The largest absolute Gasteiger partial charge is 0.465 e. The highest BCUT2D eigenvalue weighted by Gasteiger charge is 2.30. The monoisotopic (exact) mass is 405 g/mol. The molecule has 0 amide bonds. The highest BCUT2D eigenvalue weighted by molar-refractivity contribution is 7.89. The number of carbonyl (C=O) groups is 1. The zero-order chi connectivity index (χ0) is 20.4. The number of sulfonamides is 1. The first-order valence-corrected chi connectivity index (χ1v) is 9.12. The average Bonchev–Trinajstić information content (AvgIpc) is 2.98. The Morgan fingerprint density at radius 1 is 1.33 bits per heavy atom. The van der Waals surface area contributed by atoms with Gasteiger partial charge < -0.3 is 9.30 Å². The number of benzene rings is 1. The molecule has 0 saturated heterocycles. The molecule has 1 aromatic heterocycles. The number of carbonyl (C=O) groups excluding carboxylic acids is 1. The van der Waals surface area contributed by atoms with Gasteiger partial charge in [-0.3, -0.25) is 0 Å². The van der Waals surface area contributed by atoms with Gasteiger partial charge in [-0.15, -0.1) is 0 Å². The Hall–Kier alpha value is -2.40. The van der Waals surface area contributed by atoms with Crippen molar-refractivity contribution < 1.29 is 31.1 Å². The second kappa shape index (κ2) is 7.69. The van der Waals surface area contributed by atoms with E-state index in [1.165, 1.54) is 45.5 Å². The molecule has 148 valence electrons. The Morgan fingerprint density at radius 3 is 2.56 bits per heavy atom. The predicted molar refractivity (Wildman–Crippen MR) is 89.5 cm³/mol. The minimum Gasteiger partial charge on any atom is -0.465 e. The molecule has 0 bridgehead atoms. The van der Waals surface area contributed by atoms with Crippen molar-refractivity contribution in [2.24, 2.45) is 0 Å². The fourth-order valence-electron chi connectivity index (χ4n) is 2.46. The number of halogens is 3.